The molecule has 4 amide bonds. The average molecular weight is 371 g/mol. The van der Waals surface area contributed by atoms with Crippen molar-refractivity contribution in [3.63, 3.8) is 0 Å². The number of nitrogens with one attached hydrogen (secondary N) is 2. The molecule has 1 heterocycles. The fourth-order valence-electron chi connectivity index (χ4n) is 4.91. The van der Waals surface area contributed by atoms with Gasteiger partial charge in [-0.25, -0.2) is 4.79 Å². The van der Waals surface area contributed by atoms with E-state index < -0.39 is 11.6 Å². The van der Waals surface area contributed by atoms with Gasteiger partial charge in [0.15, 0.2) is 0 Å². The van der Waals surface area contributed by atoms with Gasteiger partial charge < -0.3 is 10.6 Å². The van der Waals surface area contributed by atoms with Crippen LogP contribution < -0.4 is 10.6 Å². The molecule has 0 aromatic heterocycles. The summed E-state index contributed by atoms with van der Waals surface area (Å²) in [6, 6.07) is 8.93. The van der Waals surface area contributed by atoms with Crippen molar-refractivity contribution in [3.05, 3.63) is 35.9 Å². The molecule has 146 valence electrons. The van der Waals surface area contributed by atoms with Crippen molar-refractivity contribution >= 4 is 17.8 Å². The number of benzene rings is 1. The van der Waals surface area contributed by atoms with Crippen LogP contribution in [-0.4, -0.2) is 34.8 Å². The number of carbonyl (C=O) groups excluding carboxylic acids is 3. The molecule has 3 atom stereocenters. The van der Waals surface area contributed by atoms with E-state index in [-0.39, 0.29) is 29.8 Å². The molecule has 1 aliphatic heterocycles. The summed E-state index contributed by atoms with van der Waals surface area (Å²) in [4.78, 5) is 39.1. The van der Waals surface area contributed by atoms with Gasteiger partial charge in [0.2, 0.25) is 5.91 Å². The van der Waals surface area contributed by atoms with Gasteiger partial charge in [0, 0.05) is 0 Å². The molecular weight excluding hydrogens is 342 g/mol. The van der Waals surface area contributed by atoms with Crippen LogP contribution in [0.2, 0.25) is 0 Å². The number of imide groups is 1. The Morgan fingerprint density at radius 1 is 1.26 bits per heavy atom. The molecule has 0 radical (unpaired) electrons. The van der Waals surface area contributed by atoms with Crippen molar-refractivity contribution in [1.82, 2.24) is 15.5 Å². The highest BCUT2D eigenvalue weighted by Gasteiger charge is 2.56. The summed E-state index contributed by atoms with van der Waals surface area (Å²) in [6.45, 7) is 7.99. The van der Waals surface area contributed by atoms with Crippen molar-refractivity contribution in [2.45, 2.75) is 58.5 Å². The van der Waals surface area contributed by atoms with Gasteiger partial charge >= 0.3 is 6.03 Å². The van der Waals surface area contributed by atoms with Gasteiger partial charge in [-0.3, -0.25) is 14.5 Å². The summed E-state index contributed by atoms with van der Waals surface area (Å²) in [5.74, 6) is -0.269. The quantitative estimate of drug-likeness (QED) is 0.799. The fraction of sp³-hybridized carbons (Fsp3) is 0.571. The Hall–Kier alpha value is -2.37. The Kier molecular flexibility index (Phi) is 5.02. The van der Waals surface area contributed by atoms with Gasteiger partial charge in [0.25, 0.3) is 5.91 Å². The summed E-state index contributed by atoms with van der Waals surface area (Å²) >= 11 is 0. The van der Waals surface area contributed by atoms with E-state index >= 15 is 0 Å². The summed E-state index contributed by atoms with van der Waals surface area (Å²) in [5, 5.41) is 5.77. The van der Waals surface area contributed by atoms with E-state index in [4.69, 9.17) is 0 Å². The SMILES string of the molecule is C[C@@H]1CC(C)(C)C[C@]2(C1)NC(=O)N(CC(=O)N[C@@H](C)c1ccccc1)C2=O. The van der Waals surface area contributed by atoms with Crippen molar-refractivity contribution in [2.24, 2.45) is 11.3 Å². The predicted molar refractivity (Wildman–Crippen MR) is 103 cm³/mol. The Labute approximate surface area is 160 Å². The number of amides is 4. The maximum Gasteiger partial charge on any atom is 0.325 e. The van der Waals surface area contributed by atoms with E-state index in [1.165, 1.54) is 0 Å². The minimum atomic E-state index is -0.871. The Balaban J connectivity index is 1.68. The highest BCUT2D eigenvalue weighted by Crippen LogP contribution is 2.46. The Morgan fingerprint density at radius 3 is 2.56 bits per heavy atom. The molecule has 1 spiro atoms. The zero-order chi connectivity index (χ0) is 19.8. The van der Waals surface area contributed by atoms with Crippen LogP contribution in [0.3, 0.4) is 0 Å². The molecule has 0 unspecified atom stereocenters. The van der Waals surface area contributed by atoms with E-state index in [2.05, 4.69) is 31.4 Å². The molecule has 0 bridgehead atoms. The first-order valence-electron chi connectivity index (χ1n) is 9.60. The van der Waals surface area contributed by atoms with E-state index in [1.807, 2.05) is 37.3 Å². The largest absolute Gasteiger partial charge is 0.348 e. The van der Waals surface area contributed by atoms with Gasteiger partial charge in [0.05, 0.1) is 6.04 Å². The summed E-state index contributed by atoms with van der Waals surface area (Å²) in [6.07, 6.45) is 2.25. The van der Waals surface area contributed by atoms with Gasteiger partial charge in [0.1, 0.15) is 12.1 Å². The van der Waals surface area contributed by atoms with Crippen LogP contribution in [0.25, 0.3) is 0 Å². The number of urea groups is 1. The van der Waals surface area contributed by atoms with E-state index in [9.17, 15) is 14.4 Å². The van der Waals surface area contributed by atoms with Crippen molar-refractivity contribution in [3.8, 4) is 0 Å². The first kappa shape index (κ1) is 19.4. The number of carbonyl (C=O) groups is 3. The first-order valence-corrected chi connectivity index (χ1v) is 9.60. The Morgan fingerprint density at radius 2 is 1.93 bits per heavy atom. The third-order valence-electron chi connectivity index (χ3n) is 5.60. The second-order valence-electron chi connectivity index (χ2n) is 8.96. The summed E-state index contributed by atoms with van der Waals surface area (Å²) in [7, 11) is 0. The summed E-state index contributed by atoms with van der Waals surface area (Å²) < 4.78 is 0. The lowest BCUT2D eigenvalue weighted by Crippen LogP contribution is -2.54. The molecule has 1 aliphatic carbocycles. The van der Waals surface area contributed by atoms with Gasteiger partial charge in [-0.2, -0.15) is 0 Å². The molecule has 2 fully saturated rings. The maximum absolute atomic E-state index is 13.1. The lowest BCUT2D eigenvalue weighted by molar-refractivity contribution is -0.137. The topological polar surface area (TPSA) is 78.5 Å². The predicted octanol–water partition coefficient (Wildman–Crippen LogP) is 3.00. The standard InChI is InChI=1S/C21H29N3O3/c1-14-10-20(3,4)13-21(11-14)18(26)24(19(27)23-21)12-17(25)22-15(2)16-8-6-5-7-9-16/h5-9,14-15H,10-13H2,1-4H3,(H,22,25)(H,23,27)/t14-,15+,21+/m1/s1. The molecule has 3 rings (SSSR count). The number of nitrogens with zero attached hydrogens (tertiary/aromatic N) is 1. The van der Waals surface area contributed by atoms with Crippen molar-refractivity contribution in [2.75, 3.05) is 6.54 Å². The number of rotatable bonds is 4. The Bertz CT molecular complexity index is 746. The van der Waals surface area contributed by atoms with E-state index in [0.717, 1.165) is 16.9 Å². The lowest BCUT2D eigenvalue weighted by atomic mass is 9.64. The van der Waals surface area contributed by atoms with Crippen molar-refractivity contribution in [1.29, 1.82) is 0 Å². The molecule has 27 heavy (non-hydrogen) atoms. The van der Waals surface area contributed by atoms with Gasteiger partial charge in [-0.1, -0.05) is 51.1 Å². The molecular formula is C21H29N3O3. The van der Waals surface area contributed by atoms with Crippen LogP contribution in [0.1, 0.15) is 58.6 Å². The minimum absolute atomic E-state index is 0.0271. The normalized spacial score (nSPS) is 28.1. The molecule has 1 aromatic rings. The zero-order valence-corrected chi connectivity index (χ0v) is 16.5. The molecule has 1 aromatic carbocycles. The lowest BCUT2D eigenvalue weighted by Gasteiger charge is -2.43. The van der Waals surface area contributed by atoms with Crippen LogP contribution in [0.5, 0.6) is 0 Å². The maximum atomic E-state index is 13.1. The first-order chi connectivity index (χ1) is 12.6. The molecule has 1 saturated carbocycles. The molecule has 6 heteroatoms. The minimum Gasteiger partial charge on any atom is -0.348 e. The van der Waals surface area contributed by atoms with Gasteiger partial charge in [-0.15, -0.1) is 0 Å². The average Bonchev–Trinajstić information content (AvgIpc) is 2.77. The molecule has 2 N–H and O–H groups in total. The third kappa shape index (κ3) is 3.99. The second kappa shape index (κ2) is 6.98. The molecule has 6 nitrogen and oxygen atoms in total. The number of hydrogen-bond donors (Lipinski definition) is 2. The van der Waals surface area contributed by atoms with E-state index in [0.29, 0.717) is 18.8 Å². The van der Waals surface area contributed by atoms with Crippen LogP contribution in [0, 0.1) is 11.3 Å². The second-order valence-corrected chi connectivity index (χ2v) is 8.96. The number of hydrogen-bond acceptors (Lipinski definition) is 3. The molecule has 1 saturated heterocycles. The molecule has 2 aliphatic rings. The van der Waals surface area contributed by atoms with Crippen LogP contribution in [0.15, 0.2) is 30.3 Å². The van der Waals surface area contributed by atoms with Gasteiger partial charge in [-0.05, 0) is 43.1 Å². The zero-order valence-electron chi connectivity index (χ0n) is 16.5. The highest BCUT2D eigenvalue weighted by molar-refractivity contribution is 6.09. The fourth-order valence-corrected chi connectivity index (χ4v) is 4.91. The van der Waals surface area contributed by atoms with Crippen LogP contribution in [-0.2, 0) is 9.59 Å². The van der Waals surface area contributed by atoms with Crippen molar-refractivity contribution < 1.29 is 14.4 Å². The van der Waals surface area contributed by atoms with Crippen LogP contribution >= 0.6 is 0 Å². The van der Waals surface area contributed by atoms with E-state index in [1.54, 1.807) is 0 Å². The van der Waals surface area contributed by atoms with Crippen LogP contribution in [0.4, 0.5) is 4.79 Å². The third-order valence-corrected chi connectivity index (χ3v) is 5.60. The summed E-state index contributed by atoms with van der Waals surface area (Å²) in [5.41, 5.74) is 0.0759. The monoisotopic (exact) mass is 371 g/mol. The highest BCUT2D eigenvalue weighted by atomic mass is 16.2. The smallest absolute Gasteiger partial charge is 0.325 e.